The highest BCUT2D eigenvalue weighted by Gasteiger charge is 2.53. The number of ether oxygens (including phenoxy) is 1. The summed E-state index contributed by atoms with van der Waals surface area (Å²) in [4.78, 5) is 12.3. The molecule has 0 amide bonds. The number of fused-ring (bicyclic) bond motifs is 1. The molecule has 0 bridgehead atoms. The maximum absolute atomic E-state index is 15.1. The van der Waals surface area contributed by atoms with Gasteiger partial charge in [-0.1, -0.05) is 18.5 Å². The Hall–Kier alpha value is -1.99. The van der Waals surface area contributed by atoms with Crippen LogP contribution in [0.4, 0.5) is 8.78 Å². The van der Waals surface area contributed by atoms with Gasteiger partial charge in [-0.05, 0) is 67.6 Å². The summed E-state index contributed by atoms with van der Waals surface area (Å²) in [7, 11) is -4.30. The molecule has 1 aliphatic rings. The molecule has 2 atom stereocenters. The SMILES string of the molecule is CCOC(=O)CC1(S(=O)(=O)c2ccc(Cl)cc2)CCC(C)c2c(F)ccc(F)c21. The van der Waals surface area contributed by atoms with Crippen LogP contribution in [0.1, 0.15) is 50.2 Å². The van der Waals surface area contributed by atoms with Crippen LogP contribution in [0.15, 0.2) is 41.3 Å². The van der Waals surface area contributed by atoms with Crippen molar-refractivity contribution in [1.82, 2.24) is 0 Å². The lowest BCUT2D eigenvalue weighted by molar-refractivity contribution is -0.144. The maximum atomic E-state index is 15.1. The van der Waals surface area contributed by atoms with E-state index in [1.807, 2.05) is 0 Å². The van der Waals surface area contributed by atoms with E-state index in [4.69, 9.17) is 16.3 Å². The first-order valence-electron chi connectivity index (χ1n) is 9.28. The zero-order valence-electron chi connectivity index (χ0n) is 16.0. The van der Waals surface area contributed by atoms with Gasteiger partial charge in [0.15, 0.2) is 9.84 Å². The molecule has 0 fully saturated rings. The Labute approximate surface area is 173 Å². The Morgan fingerprint density at radius 2 is 1.79 bits per heavy atom. The first-order valence-corrected chi connectivity index (χ1v) is 11.1. The van der Waals surface area contributed by atoms with Crippen LogP contribution in [0.2, 0.25) is 5.02 Å². The van der Waals surface area contributed by atoms with Gasteiger partial charge in [0.05, 0.1) is 17.9 Å². The lowest BCUT2D eigenvalue weighted by atomic mass is 9.75. The van der Waals surface area contributed by atoms with Crippen molar-refractivity contribution in [3.8, 4) is 0 Å². The molecular formula is C21H21ClF2O4S. The van der Waals surface area contributed by atoms with Gasteiger partial charge in [0, 0.05) is 10.6 Å². The molecule has 0 N–H and O–H groups in total. The molecule has 29 heavy (non-hydrogen) atoms. The number of sulfone groups is 1. The second-order valence-electron chi connectivity index (χ2n) is 7.19. The molecule has 8 heteroatoms. The van der Waals surface area contributed by atoms with Crippen molar-refractivity contribution in [1.29, 1.82) is 0 Å². The van der Waals surface area contributed by atoms with Crippen LogP contribution in [0, 0.1) is 11.6 Å². The van der Waals surface area contributed by atoms with E-state index in [2.05, 4.69) is 0 Å². The molecule has 0 spiro atoms. The predicted molar refractivity (Wildman–Crippen MR) is 106 cm³/mol. The standard InChI is InChI=1S/C21H21ClF2O4S/c1-3-28-18(25)12-21(29(26,27)15-6-4-14(22)5-7-15)11-10-13(2)19-16(23)8-9-17(24)20(19)21/h4-9,13H,3,10-12H2,1-2H3. The summed E-state index contributed by atoms with van der Waals surface area (Å²) in [5.74, 6) is -2.71. The molecule has 156 valence electrons. The molecule has 2 aromatic rings. The molecule has 0 saturated carbocycles. The van der Waals surface area contributed by atoms with E-state index >= 15 is 4.39 Å². The summed E-state index contributed by atoms with van der Waals surface area (Å²) in [6.45, 7) is 3.35. The van der Waals surface area contributed by atoms with Crippen molar-refractivity contribution in [3.05, 3.63) is 64.2 Å². The minimum absolute atomic E-state index is 0.00177. The second-order valence-corrected chi connectivity index (χ2v) is 9.89. The molecule has 2 unspecified atom stereocenters. The number of carbonyl (C=O) groups excluding carboxylic acids is 1. The van der Waals surface area contributed by atoms with Gasteiger partial charge in [0.25, 0.3) is 0 Å². The molecule has 1 aliphatic carbocycles. The molecular weight excluding hydrogens is 422 g/mol. The molecule has 0 heterocycles. The average Bonchev–Trinajstić information content (AvgIpc) is 2.66. The monoisotopic (exact) mass is 442 g/mol. The number of hydrogen-bond donors (Lipinski definition) is 0. The topological polar surface area (TPSA) is 60.4 Å². The van der Waals surface area contributed by atoms with Gasteiger partial charge in [0.2, 0.25) is 0 Å². The van der Waals surface area contributed by atoms with Crippen LogP contribution in [0.3, 0.4) is 0 Å². The summed E-state index contributed by atoms with van der Waals surface area (Å²) < 4.78 is 60.3. The molecule has 4 nitrogen and oxygen atoms in total. The van der Waals surface area contributed by atoms with Gasteiger partial charge < -0.3 is 4.74 Å². The molecule has 0 aliphatic heterocycles. The summed E-state index contributed by atoms with van der Waals surface area (Å²) >= 11 is 5.88. The highest BCUT2D eigenvalue weighted by Crippen LogP contribution is 2.52. The highest BCUT2D eigenvalue weighted by atomic mass is 35.5. The lowest BCUT2D eigenvalue weighted by Gasteiger charge is -2.40. The summed E-state index contributed by atoms with van der Waals surface area (Å²) in [6.07, 6.45) is -0.364. The molecule has 0 saturated heterocycles. The first-order chi connectivity index (χ1) is 13.6. The summed E-state index contributed by atoms with van der Waals surface area (Å²) in [6, 6.07) is 7.31. The van der Waals surface area contributed by atoms with Crippen molar-refractivity contribution in [2.75, 3.05) is 6.61 Å². The molecule has 0 aromatic heterocycles. The third-order valence-electron chi connectivity index (χ3n) is 5.44. The van der Waals surface area contributed by atoms with Crippen molar-refractivity contribution in [2.45, 2.75) is 48.7 Å². The maximum Gasteiger partial charge on any atom is 0.307 e. The van der Waals surface area contributed by atoms with Crippen molar-refractivity contribution >= 4 is 27.4 Å². The Kier molecular flexibility index (Phi) is 6.01. The van der Waals surface area contributed by atoms with Crippen LogP contribution in [-0.2, 0) is 24.1 Å². The van der Waals surface area contributed by atoms with Crippen LogP contribution in [0.25, 0.3) is 0 Å². The van der Waals surface area contributed by atoms with Crippen molar-refractivity contribution < 1.29 is 26.7 Å². The van der Waals surface area contributed by atoms with Gasteiger partial charge in [-0.3, -0.25) is 4.79 Å². The number of hydrogen-bond acceptors (Lipinski definition) is 4. The van der Waals surface area contributed by atoms with E-state index < -0.39 is 44.5 Å². The third-order valence-corrected chi connectivity index (χ3v) is 8.17. The van der Waals surface area contributed by atoms with Crippen LogP contribution in [-0.4, -0.2) is 21.0 Å². The van der Waals surface area contributed by atoms with E-state index in [-0.39, 0.29) is 35.5 Å². The smallest absolute Gasteiger partial charge is 0.307 e. The molecule has 2 aromatic carbocycles. The van der Waals surface area contributed by atoms with E-state index in [1.54, 1.807) is 13.8 Å². The summed E-state index contributed by atoms with van der Waals surface area (Å²) in [5.41, 5.74) is -0.280. The van der Waals surface area contributed by atoms with Crippen molar-refractivity contribution in [3.63, 3.8) is 0 Å². The normalized spacial score (nSPS) is 21.5. The van der Waals surface area contributed by atoms with E-state index in [1.165, 1.54) is 24.3 Å². The molecule has 3 rings (SSSR count). The Morgan fingerprint density at radius 1 is 1.17 bits per heavy atom. The van der Waals surface area contributed by atoms with Crippen LogP contribution < -0.4 is 0 Å². The van der Waals surface area contributed by atoms with Gasteiger partial charge in [-0.25, -0.2) is 17.2 Å². The predicted octanol–water partition coefficient (Wildman–Crippen LogP) is 5.14. The first kappa shape index (κ1) is 21.7. The highest BCUT2D eigenvalue weighted by molar-refractivity contribution is 7.92. The summed E-state index contributed by atoms with van der Waals surface area (Å²) in [5, 5.41) is 0.332. The minimum atomic E-state index is -4.30. The van der Waals surface area contributed by atoms with Gasteiger partial charge in [0.1, 0.15) is 16.4 Å². The number of halogens is 3. The largest absolute Gasteiger partial charge is 0.466 e. The molecule has 0 radical (unpaired) electrons. The lowest BCUT2D eigenvalue weighted by Crippen LogP contribution is -2.43. The van der Waals surface area contributed by atoms with Gasteiger partial charge >= 0.3 is 5.97 Å². The fourth-order valence-corrected chi connectivity index (χ4v) is 6.30. The zero-order chi connectivity index (χ0) is 21.4. The quantitative estimate of drug-likeness (QED) is 0.602. The Morgan fingerprint density at radius 3 is 2.41 bits per heavy atom. The number of esters is 1. The van der Waals surface area contributed by atoms with Crippen LogP contribution >= 0.6 is 11.6 Å². The second kappa shape index (κ2) is 8.03. The number of carbonyl (C=O) groups is 1. The Bertz CT molecular complexity index is 1040. The minimum Gasteiger partial charge on any atom is -0.466 e. The van der Waals surface area contributed by atoms with Crippen LogP contribution in [0.5, 0.6) is 0 Å². The number of rotatable bonds is 5. The van der Waals surface area contributed by atoms with Crippen molar-refractivity contribution in [2.24, 2.45) is 0 Å². The Balaban J connectivity index is 2.33. The fourth-order valence-electron chi connectivity index (χ4n) is 4.06. The van der Waals surface area contributed by atoms with Gasteiger partial charge in [-0.2, -0.15) is 0 Å². The number of benzene rings is 2. The van der Waals surface area contributed by atoms with E-state index in [0.717, 1.165) is 12.1 Å². The third kappa shape index (κ3) is 3.66. The van der Waals surface area contributed by atoms with E-state index in [0.29, 0.717) is 5.02 Å². The fraction of sp³-hybridized carbons (Fsp3) is 0.381. The average molecular weight is 443 g/mol. The van der Waals surface area contributed by atoms with Gasteiger partial charge in [-0.15, -0.1) is 0 Å². The van der Waals surface area contributed by atoms with E-state index in [9.17, 15) is 17.6 Å². The zero-order valence-corrected chi connectivity index (χ0v) is 17.6.